The first-order valence-corrected chi connectivity index (χ1v) is 9.17. The SMILES string of the molecule is COc1ccc(CN(C)CCCC(=O)c2ccc(OC)c(OC)c2)cc1OC. The molecule has 0 amide bonds. The fourth-order valence-corrected chi connectivity index (χ4v) is 3.03. The van der Waals surface area contributed by atoms with Gasteiger partial charge in [-0.15, -0.1) is 0 Å². The second kappa shape index (κ2) is 10.6. The van der Waals surface area contributed by atoms with Gasteiger partial charge in [0.05, 0.1) is 28.4 Å². The number of nitrogens with zero attached hydrogens (tertiary/aromatic N) is 1. The van der Waals surface area contributed by atoms with E-state index in [1.165, 1.54) is 0 Å². The van der Waals surface area contributed by atoms with Crippen LogP contribution < -0.4 is 18.9 Å². The molecule has 2 aromatic carbocycles. The summed E-state index contributed by atoms with van der Waals surface area (Å²) in [5, 5.41) is 0. The van der Waals surface area contributed by atoms with Crippen LogP contribution in [-0.2, 0) is 6.54 Å². The summed E-state index contributed by atoms with van der Waals surface area (Å²) in [6.07, 6.45) is 1.25. The van der Waals surface area contributed by atoms with Crippen LogP contribution in [0.3, 0.4) is 0 Å². The molecule has 6 nitrogen and oxygen atoms in total. The zero-order chi connectivity index (χ0) is 20.5. The Bertz CT molecular complexity index is 790. The molecule has 0 radical (unpaired) electrons. The average molecular weight is 387 g/mol. The lowest BCUT2D eigenvalue weighted by molar-refractivity contribution is 0.0975. The Morgan fingerprint density at radius 2 is 1.39 bits per heavy atom. The van der Waals surface area contributed by atoms with E-state index in [2.05, 4.69) is 4.90 Å². The molecule has 6 heteroatoms. The van der Waals surface area contributed by atoms with Crippen molar-refractivity contribution < 1.29 is 23.7 Å². The van der Waals surface area contributed by atoms with Crippen molar-refractivity contribution in [1.29, 1.82) is 0 Å². The van der Waals surface area contributed by atoms with E-state index in [0.717, 1.165) is 36.6 Å². The molecule has 2 aromatic rings. The summed E-state index contributed by atoms with van der Waals surface area (Å²) >= 11 is 0. The number of ketones is 1. The molecule has 152 valence electrons. The number of hydrogen-bond donors (Lipinski definition) is 0. The number of benzene rings is 2. The summed E-state index contributed by atoms with van der Waals surface area (Å²) in [5.74, 6) is 2.72. The Hall–Kier alpha value is -2.73. The predicted octanol–water partition coefficient (Wildman–Crippen LogP) is 3.82. The minimum Gasteiger partial charge on any atom is -0.493 e. The van der Waals surface area contributed by atoms with Crippen molar-refractivity contribution in [3.8, 4) is 23.0 Å². The first kappa shape index (κ1) is 21.6. The highest BCUT2D eigenvalue weighted by Gasteiger charge is 2.12. The van der Waals surface area contributed by atoms with E-state index in [1.807, 2.05) is 25.2 Å². The molecule has 0 bridgehead atoms. The number of methoxy groups -OCH3 is 4. The maximum Gasteiger partial charge on any atom is 0.163 e. The molecule has 0 heterocycles. The van der Waals surface area contributed by atoms with E-state index in [1.54, 1.807) is 46.6 Å². The smallest absolute Gasteiger partial charge is 0.163 e. The molecule has 0 aromatic heterocycles. The van der Waals surface area contributed by atoms with Crippen molar-refractivity contribution in [2.45, 2.75) is 19.4 Å². The number of carbonyl (C=O) groups excluding carboxylic acids is 1. The van der Waals surface area contributed by atoms with E-state index < -0.39 is 0 Å². The Balaban J connectivity index is 1.86. The number of hydrogen-bond acceptors (Lipinski definition) is 6. The third-order valence-electron chi connectivity index (χ3n) is 4.55. The van der Waals surface area contributed by atoms with Crippen molar-refractivity contribution in [1.82, 2.24) is 4.90 Å². The minimum atomic E-state index is 0.0977. The Labute approximate surface area is 167 Å². The van der Waals surface area contributed by atoms with E-state index in [9.17, 15) is 4.79 Å². The summed E-state index contributed by atoms with van der Waals surface area (Å²) in [6, 6.07) is 11.2. The maximum atomic E-state index is 12.5. The summed E-state index contributed by atoms with van der Waals surface area (Å²) in [6.45, 7) is 1.58. The molecule has 0 aliphatic heterocycles. The van der Waals surface area contributed by atoms with Crippen LogP contribution in [-0.4, -0.2) is 52.7 Å². The molecule has 0 aliphatic rings. The van der Waals surface area contributed by atoms with Gasteiger partial charge in [0.25, 0.3) is 0 Å². The third-order valence-corrected chi connectivity index (χ3v) is 4.55. The second-order valence-corrected chi connectivity index (χ2v) is 6.52. The predicted molar refractivity (Wildman–Crippen MR) is 109 cm³/mol. The van der Waals surface area contributed by atoms with Gasteiger partial charge in [-0.1, -0.05) is 6.07 Å². The van der Waals surface area contributed by atoms with Crippen LogP contribution in [0.25, 0.3) is 0 Å². The van der Waals surface area contributed by atoms with Gasteiger partial charge in [-0.25, -0.2) is 0 Å². The molecule has 28 heavy (non-hydrogen) atoms. The highest BCUT2D eigenvalue weighted by molar-refractivity contribution is 5.96. The van der Waals surface area contributed by atoms with Crippen LogP contribution in [0.5, 0.6) is 23.0 Å². The summed E-state index contributed by atoms with van der Waals surface area (Å²) in [5.41, 5.74) is 1.77. The summed E-state index contributed by atoms with van der Waals surface area (Å²) in [7, 11) is 8.44. The lowest BCUT2D eigenvalue weighted by atomic mass is 10.1. The van der Waals surface area contributed by atoms with Crippen LogP contribution in [0.4, 0.5) is 0 Å². The van der Waals surface area contributed by atoms with Crippen molar-refractivity contribution in [2.24, 2.45) is 0 Å². The van der Waals surface area contributed by atoms with Crippen LogP contribution in [0.1, 0.15) is 28.8 Å². The number of rotatable bonds is 11. The third kappa shape index (κ3) is 5.63. The number of carbonyl (C=O) groups is 1. The van der Waals surface area contributed by atoms with Gasteiger partial charge in [0.1, 0.15) is 0 Å². The van der Waals surface area contributed by atoms with Crippen LogP contribution >= 0.6 is 0 Å². The van der Waals surface area contributed by atoms with Gasteiger partial charge in [-0.2, -0.15) is 0 Å². The number of Topliss-reactive ketones (excluding diaryl/α,β-unsaturated/α-hetero) is 1. The standard InChI is InChI=1S/C22H29NO5/c1-23(15-16-8-10-19(25-2)21(13-16)27-4)12-6-7-18(24)17-9-11-20(26-3)22(14-17)28-5/h8-11,13-14H,6-7,12,15H2,1-5H3. The van der Waals surface area contributed by atoms with Crippen molar-refractivity contribution in [3.63, 3.8) is 0 Å². The monoisotopic (exact) mass is 387 g/mol. The Kier molecular flexibility index (Phi) is 8.14. The minimum absolute atomic E-state index is 0.0977. The topological polar surface area (TPSA) is 57.2 Å². The average Bonchev–Trinajstić information content (AvgIpc) is 2.72. The molecule has 0 aliphatic carbocycles. The van der Waals surface area contributed by atoms with Gasteiger partial charge in [0.15, 0.2) is 28.8 Å². The largest absolute Gasteiger partial charge is 0.493 e. The second-order valence-electron chi connectivity index (χ2n) is 6.52. The molecule has 0 atom stereocenters. The summed E-state index contributed by atoms with van der Waals surface area (Å²) in [4.78, 5) is 14.6. The zero-order valence-corrected chi connectivity index (χ0v) is 17.3. The first-order valence-electron chi connectivity index (χ1n) is 9.17. The van der Waals surface area contributed by atoms with Gasteiger partial charge in [0, 0.05) is 18.5 Å². The molecular formula is C22H29NO5. The maximum absolute atomic E-state index is 12.5. The normalized spacial score (nSPS) is 10.6. The molecule has 0 saturated carbocycles. The van der Waals surface area contributed by atoms with E-state index in [-0.39, 0.29) is 5.78 Å². The quantitative estimate of drug-likeness (QED) is 0.547. The lowest BCUT2D eigenvalue weighted by Gasteiger charge is -2.17. The molecule has 0 saturated heterocycles. The molecule has 2 rings (SSSR count). The van der Waals surface area contributed by atoms with Gasteiger partial charge in [-0.3, -0.25) is 4.79 Å². The van der Waals surface area contributed by atoms with Crippen LogP contribution in [0, 0.1) is 0 Å². The van der Waals surface area contributed by atoms with Crippen molar-refractivity contribution >= 4 is 5.78 Å². The Morgan fingerprint density at radius 1 is 0.821 bits per heavy atom. The summed E-state index contributed by atoms with van der Waals surface area (Å²) < 4.78 is 21.1. The van der Waals surface area contributed by atoms with E-state index in [0.29, 0.717) is 23.5 Å². The van der Waals surface area contributed by atoms with Crippen LogP contribution in [0.15, 0.2) is 36.4 Å². The Morgan fingerprint density at radius 3 is 2.00 bits per heavy atom. The fourth-order valence-electron chi connectivity index (χ4n) is 3.03. The van der Waals surface area contributed by atoms with Gasteiger partial charge < -0.3 is 23.8 Å². The van der Waals surface area contributed by atoms with E-state index in [4.69, 9.17) is 18.9 Å². The van der Waals surface area contributed by atoms with Crippen molar-refractivity contribution in [2.75, 3.05) is 42.0 Å². The molecule has 0 unspecified atom stereocenters. The van der Waals surface area contributed by atoms with Gasteiger partial charge in [-0.05, 0) is 55.9 Å². The highest BCUT2D eigenvalue weighted by atomic mass is 16.5. The van der Waals surface area contributed by atoms with Crippen LogP contribution in [0.2, 0.25) is 0 Å². The molecule has 0 fully saturated rings. The molecule has 0 N–H and O–H groups in total. The lowest BCUT2D eigenvalue weighted by Crippen LogP contribution is -2.20. The number of ether oxygens (including phenoxy) is 4. The van der Waals surface area contributed by atoms with Crippen molar-refractivity contribution in [3.05, 3.63) is 47.5 Å². The zero-order valence-electron chi connectivity index (χ0n) is 17.3. The fraction of sp³-hybridized carbons (Fsp3) is 0.409. The molecule has 0 spiro atoms. The highest BCUT2D eigenvalue weighted by Crippen LogP contribution is 2.29. The molecular weight excluding hydrogens is 358 g/mol. The van der Waals surface area contributed by atoms with Gasteiger partial charge in [0.2, 0.25) is 0 Å². The van der Waals surface area contributed by atoms with Gasteiger partial charge >= 0.3 is 0 Å². The van der Waals surface area contributed by atoms with E-state index >= 15 is 0 Å². The first-order chi connectivity index (χ1) is 13.5.